The van der Waals surface area contributed by atoms with Crippen LogP contribution in [-0.4, -0.2) is 62.9 Å². The van der Waals surface area contributed by atoms with Crippen LogP contribution >= 0.6 is 0 Å². The third-order valence-electron chi connectivity index (χ3n) is 4.89. The van der Waals surface area contributed by atoms with E-state index >= 15 is 0 Å². The highest BCUT2D eigenvalue weighted by molar-refractivity contribution is 7.89. The first kappa shape index (κ1) is 20.0. The molecule has 2 fully saturated rings. The molecule has 1 saturated carbocycles. The molecule has 1 aliphatic heterocycles. The molecule has 0 radical (unpaired) electrons. The number of rotatable bonds is 8. The van der Waals surface area contributed by atoms with E-state index in [1.165, 1.54) is 17.1 Å². The largest absolute Gasteiger partial charge is 0.379 e. The molecule has 1 aromatic rings. The minimum Gasteiger partial charge on any atom is -0.379 e. The second kappa shape index (κ2) is 8.99. The predicted molar refractivity (Wildman–Crippen MR) is 105 cm³/mol. The number of amides is 1. The molecule has 0 spiro atoms. The summed E-state index contributed by atoms with van der Waals surface area (Å²) in [4.78, 5) is 14.6. The number of hydrogen-bond acceptors (Lipinski definition) is 4. The van der Waals surface area contributed by atoms with Gasteiger partial charge in [0.25, 0.3) is 0 Å². The maximum absolute atomic E-state index is 12.6. The van der Waals surface area contributed by atoms with E-state index in [1.807, 2.05) is 4.90 Å². The van der Waals surface area contributed by atoms with Crippen LogP contribution in [0.3, 0.4) is 0 Å². The van der Waals surface area contributed by atoms with Crippen LogP contribution in [0, 0.1) is 5.92 Å². The Morgan fingerprint density at radius 1 is 1.22 bits per heavy atom. The molecule has 7 heteroatoms. The molecule has 1 aromatic carbocycles. The zero-order valence-corrected chi connectivity index (χ0v) is 16.7. The minimum atomic E-state index is -3.48. The summed E-state index contributed by atoms with van der Waals surface area (Å²) in [6.07, 6.45) is 6.72. The molecule has 0 bridgehead atoms. The van der Waals surface area contributed by atoms with Gasteiger partial charge in [-0.1, -0.05) is 19.1 Å². The average Bonchev–Trinajstić information content (AvgIpc) is 3.51. The van der Waals surface area contributed by atoms with Gasteiger partial charge in [0.15, 0.2) is 0 Å². The summed E-state index contributed by atoms with van der Waals surface area (Å²) in [6, 6.07) is 6.68. The summed E-state index contributed by atoms with van der Waals surface area (Å²) in [7, 11) is -3.48. The Bertz CT molecular complexity index is 764. The number of hydrogen-bond donors (Lipinski definition) is 0. The van der Waals surface area contributed by atoms with E-state index in [1.54, 1.807) is 36.4 Å². The second-order valence-electron chi connectivity index (χ2n) is 7.15. The molecular formula is C20H28N2O4S. The number of nitrogens with zero attached hydrogens (tertiary/aromatic N) is 2. The van der Waals surface area contributed by atoms with Gasteiger partial charge in [-0.3, -0.25) is 4.79 Å². The number of carbonyl (C=O) groups is 1. The highest BCUT2D eigenvalue weighted by atomic mass is 32.2. The van der Waals surface area contributed by atoms with Crippen molar-refractivity contribution >= 4 is 22.0 Å². The SMILES string of the molecule is CCCN(CC1CC1)C(=O)/C=C/c1ccc(S(=O)(=O)N2CCOCC2)cc1. The Kier molecular flexibility index (Phi) is 6.68. The van der Waals surface area contributed by atoms with Crippen LogP contribution in [0.25, 0.3) is 6.08 Å². The summed E-state index contributed by atoms with van der Waals surface area (Å²) < 4.78 is 31.9. The molecule has 27 heavy (non-hydrogen) atoms. The Labute approximate surface area is 161 Å². The number of morpholine rings is 1. The van der Waals surface area contributed by atoms with Gasteiger partial charge in [-0.25, -0.2) is 8.42 Å². The van der Waals surface area contributed by atoms with Crippen LogP contribution in [0.4, 0.5) is 0 Å². The van der Waals surface area contributed by atoms with Crippen LogP contribution in [0.1, 0.15) is 31.7 Å². The van der Waals surface area contributed by atoms with Gasteiger partial charge in [0.2, 0.25) is 15.9 Å². The maximum atomic E-state index is 12.6. The van der Waals surface area contributed by atoms with Gasteiger partial charge < -0.3 is 9.64 Å². The first-order chi connectivity index (χ1) is 13.0. The predicted octanol–water partition coefficient (Wildman–Crippen LogP) is 2.37. The topological polar surface area (TPSA) is 66.9 Å². The highest BCUT2D eigenvalue weighted by Crippen LogP contribution is 2.29. The number of carbonyl (C=O) groups excluding carboxylic acids is 1. The third-order valence-corrected chi connectivity index (χ3v) is 6.80. The third kappa shape index (κ3) is 5.40. The molecule has 1 aliphatic carbocycles. The fourth-order valence-corrected chi connectivity index (χ4v) is 4.54. The van der Waals surface area contributed by atoms with Gasteiger partial charge in [0.1, 0.15) is 0 Å². The first-order valence-electron chi connectivity index (χ1n) is 9.65. The second-order valence-corrected chi connectivity index (χ2v) is 9.08. The first-order valence-corrected chi connectivity index (χ1v) is 11.1. The molecule has 3 rings (SSSR count). The Hall–Kier alpha value is -1.70. The van der Waals surface area contributed by atoms with Gasteiger partial charge in [-0.05, 0) is 49.0 Å². The van der Waals surface area contributed by atoms with Crippen LogP contribution in [0.5, 0.6) is 0 Å². The standard InChI is InChI=1S/C20H28N2O4S/c1-2-11-21(16-18-3-4-18)20(23)10-7-17-5-8-19(9-6-17)27(24,25)22-12-14-26-15-13-22/h5-10,18H,2-4,11-16H2,1H3/b10-7+. The summed E-state index contributed by atoms with van der Waals surface area (Å²) in [5.41, 5.74) is 0.812. The van der Waals surface area contributed by atoms with E-state index in [0.29, 0.717) is 32.2 Å². The van der Waals surface area contributed by atoms with Crippen LogP contribution in [0.15, 0.2) is 35.2 Å². The molecule has 1 heterocycles. The van der Waals surface area contributed by atoms with Gasteiger partial charge in [0, 0.05) is 32.3 Å². The van der Waals surface area contributed by atoms with Gasteiger partial charge in [0.05, 0.1) is 18.1 Å². The maximum Gasteiger partial charge on any atom is 0.246 e. The van der Waals surface area contributed by atoms with Crippen molar-refractivity contribution in [3.63, 3.8) is 0 Å². The van der Waals surface area contributed by atoms with Crippen LogP contribution in [-0.2, 0) is 19.6 Å². The Morgan fingerprint density at radius 3 is 2.48 bits per heavy atom. The lowest BCUT2D eigenvalue weighted by Gasteiger charge is -2.26. The van der Waals surface area contributed by atoms with Gasteiger partial charge in [-0.2, -0.15) is 4.31 Å². The van der Waals surface area contributed by atoms with Crippen molar-refractivity contribution in [1.29, 1.82) is 0 Å². The summed E-state index contributed by atoms with van der Waals surface area (Å²) in [5, 5.41) is 0. The quantitative estimate of drug-likeness (QED) is 0.637. The zero-order valence-electron chi connectivity index (χ0n) is 15.8. The minimum absolute atomic E-state index is 0.0220. The van der Waals surface area contributed by atoms with Crippen molar-refractivity contribution in [2.45, 2.75) is 31.1 Å². The molecule has 0 unspecified atom stereocenters. The van der Waals surface area contributed by atoms with Crippen molar-refractivity contribution < 1.29 is 17.9 Å². The fraction of sp³-hybridized carbons (Fsp3) is 0.550. The summed E-state index contributed by atoms with van der Waals surface area (Å²) >= 11 is 0. The lowest BCUT2D eigenvalue weighted by Crippen LogP contribution is -2.40. The highest BCUT2D eigenvalue weighted by Gasteiger charge is 2.26. The molecule has 0 N–H and O–H groups in total. The van der Waals surface area contributed by atoms with Gasteiger partial charge in [-0.15, -0.1) is 0 Å². The smallest absolute Gasteiger partial charge is 0.246 e. The van der Waals surface area contributed by atoms with Crippen molar-refractivity contribution in [3.8, 4) is 0 Å². The van der Waals surface area contributed by atoms with Crippen molar-refractivity contribution in [2.24, 2.45) is 5.92 Å². The van der Waals surface area contributed by atoms with E-state index in [4.69, 9.17) is 4.74 Å². The van der Waals surface area contributed by atoms with Crippen LogP contribution in [0.2, 0.25) is 0 Å². The number of ether oxygens (including phenoxy) is 1. The average molecular weight is 393 g/mol. The summed E-state index contributed by atoms with van der Waals surface area (Å²) in [6.45, 7) is 5.31. The Balaban J connectivity index is 1.64. The molecule has 148 valence electrons. The number of sulfonamides is 1. The molecule has 0 aromatic heterocycles. The molecular weight excluding hydrogens is 364 g/mol. The number of benzene rings is 1. The van der Waals surface area contributed by atoms with Gasteiger partial charge >= 0.3 is 0 Å². The normalized spacial score (nSPS) is 18.7. The zero-order chi connectivity index (χ0) is 19.3. The fourth-order valence-electron chi connectivity index (χ4n) is 3.13. The van der Waals surface area contributed by atoms with Crippen LogP contribution < -0.4 is 0 Å². The lowest BCUT2D eigenvalue weighted by molar-refractivity contribution is -0.126. The van der Waals surface area contributed by atoms with Crippen molar-refractivity contribution in [2.75, 3.05) is 39.4 Å². The molecule has 1 saturated heterocycles. The molecule has 6 nitrogen and oxygen atoms in total. The van der Waals surface area contributed by atoms with Crippen molar-refractivity contribution in [3.05, 3.63) is 35.9 Å². The van der Waals surface area contributed by atoms with E-state index < -0.39 is 10.0 Å². The lowest BCUT2D eigenvalue weighted by atomic mass is 10.2. The molecule has 1 amide bonds. The summed E-state index contributed by atoms with van der Waals surface area (Å²) in [5.74, 6) is 0.687. The Morgan fingerprint density at radius 2 is 1.89 bits per heavy atom. The molecule has 2 aliphatic rings. The monoisotopic (exact) mass is 392 g/mol. The van der Waals surface area contributed by atoms with E-state index in [2.05, 4.69) is 6.92 Å². The van der Waals surface area contributed by atoms with Crippen molar-refractivity contribution in [1.82, 2.24) is 9.21 Å². The van der Waals surface area contributed by atoms with E-state index in [-0.39, 0.29) is 10.8 Å². The van der Waals surface area contributed by atoms with E-state index in [9.17, 15) is 13.2 Å². The van der Waals surface area contributed by atoms with E-state index in [0.717, 1.165) is 25.1 Å². The molecule has 0 atom stereocenters.